The molecule has 0 bridgehead atoms. The molecule has 0 fully saturated rings. The van der Waals surface area contributed by atoms with Crippen LogP contribution in [0.15, 0.2) is 45.3 Å². The first-order chi connectivity index (χ1) is 9.70. The van der Waals surface area contributed by atoms with Gasteiger partial charge in [0, 0.05) is 4.47 Å². The fourth-order valence-corrected chi connectivity index (χ4v) is 2.72. The molecule has 0 saturated heterocycles. The molecular formula is C14H9Br2F4N. The Bertz CT molecular complexity index is 671. The minimum Gasteiger partial charge on any atom is -0.320 e. The summed E-state index contributed by atoms with van der Waals surface area (Å²) in [7, 11) is 0. The third-order valence-corrected chi connectivity index (χ3v) is 4.26. The Balaban J connectivity index is 2.44. The predicted octanol–water partition coefficient (Wildman–Crippen LogP) is 5.42. The lowest BCUT2D eigenvalue weighted by atomic mass is 9.98. The van der Waals surface area contributed by atoms with E-state index in [0.717, 1.165) is 6.07 Å². The smallest absolute Gasteiger partial charge is 0.320 e. The molecule has 2 rings (SSSR count). The molecule has 0 radical (unpaired) electrons. The van der Waals surface area contributed by atoms with E-state index in [1.54, 1.807) is 0 Å². The summed E-state index contributed by atoms with van der Waals surface area (Å²) in [5, 5.41) is 0. The molecule has 1 unspecified atom stereocenters. The van der Waals surface area contributed by atoms with Crippen LogP contribution in [0.4, 0.5) is 17.6 Å². The van der Waals surface area contributed by atoms with E-state index in [0.29, 0.717) is 11.1 Å². The van der Waals surface area contributed by atoms with Crippen LogP contribution in [-0.2, 0) is 6.18 Å². The van der Waals surface area contributed by atoms with Crippen LogP contribution < -0.4 is 5.73 Å². The van der Waals surface area contributed by atoms with E-state index in [2.05, 4.69) is 31.9 Å². The van der Waals surface area contributed by atoms with Gasteiger partial charge in [0.15, 0.2) is 0 Å². The highest BCUT2D eigenvalue weighted by Crippen LogP contribution is 2.37. The van der Waals surface area contributed by atoms with Gasteiger partial charge in [-0.1, -0.05) is 28.1 Å². The van der Waals surface area contributed by atoms with E-state index in [4.69, 9.17) is 5.73 Å². The van der Waals surface area contributed by atoms with Crippen molar-refractivity contribution in [3.63, 3.8) is 0 Å². The topological polar surface area (TPSA) is 26.0 Å². The molecule has 2 aromatic rings. The van der Waals surface area contributed by atoms with Crippen LogP contribution in [0.5, 0.6) is 0 Å². The van der Waals surface area contributed by atoms with Crippen molar-refractivity contribution >= 4 is 31.9 Å². The van der Waals surface area contributed by atoms with Crippen LogP contribution in [0.3, 0.4) is 0 Å². The van der Waals surface area contributed by atoms with Gasteiger partial charge in [0.05, 0.1) is 16.1 Å². The predicted molar refractivity (Wildman–Crippen MR) is 79.3 cm³/mol. The average Bonchev–Trinajstić information content (AvgIpc) is 2.40. The number of rotatable bonds is 2. The zero-order chi connectivity index (χ0) is 15.8. The van der Waals surface area contributed by atoms with Crippen LogP contribution in [0.2, 0.25) is 0 Å². The minimum absolute atomic E-state index is 0.0498. The van der Waals surface area contributed by atoms with Crippen molar-refractivity contribution in [2.24, 2.45) is 5.73 Å². The number of hydrogen-bond acceptors (Lipinski definition) is 1. The third-order valence-electron chi connectivity index (χ3n) is 2.96. The quantitative estimate of drug-likeness (QED) is 0.637. The van der Waals surface area contributed by atoms with Crippen LogP contribution in [-0.4, -0.2) is 0 Å². The SMILES string of the molecule is NC(c1ccc(F)c(Br)c1)c1ccc(Br)c(C(F)(F)F)c1. The molecule has 2 aromatic carbocycles. The maximum atomic E-state index is 13.2. The van der Waals surface area contributed by atoms with Crippen molar-refractivity contribution in [1.82, 2.24) is 0 Å². The molecule has 0 aliphatic heterocycles. The second-order valence-corrected chi connectivity index (χ2v) is 6.10. The van der Waals surface area contributed by atoms with Gasteiger partial charge in [0.1, 0.15) is 5.82 Å². The molecule has 1 nitrogen and oxygen atoms in total. The lowest BCUT2D eigenvalue weighted by Gasteiger charge is -2.16. The molecule has 0 aliphatic rings. The molecule has 21 heavy (non-hydrogen) atoms. The summed E-state index contributed by atoms with van der Waals surface area (Å²) in [6.07, 6.45) is -4.47. The van der Waals surface area contributed by atoms with Crippen LogP contribution in [0.25, 0.3) is 0 Å². The lowest BCUT2D eigenvalue weighted by molar-refractivity contribution is -0.138. The Hall–Kier alpha value is -0.920. The van der Waals surface area contributed by atoms with Crippen molar-refractivity contribution in [1.29, 1.82) is 0 Å². The number of alkyl halides is 3. The first-order valence-electron chi connectivity index (χ1n) is 5.77. The summed E-state index contributed by atoms with van der Waals surface area (Å²) < 4.78 is 52.0. The Morgan fingerprint density at radius 3 is 2.05 bits per heavy atom. The van der Waals surface area contributed by atoms with Gasteiger partial charge < -0.3 is 5.73 Å². The minimum atomic E-state index is -4.47. The zero-order valence-electron chi connectivity index (χ0n) is 10.4. The summed E-state index contributed by atoms with van der Waals surface area (Å²) in [6, 6.07) is 7.12. The maximum Gasteiger partial charge on any atom is 0.417 e. The molecule has 0 spiro atoms. The van der Waals surface area contributed by atoms with E-state index in [1.165, 1.54) is 30.3 Å². The third kappa shape index (κ3) is 3.64. The number of benzene rings is 2. The van der Waals surface area contributed by atoms with Crippen molar-refractivity contribution in [2.45, 2.75) is 12.2 Å². The second-order valence-electron chi connectivity index (χ2n) is 4.39. The van der Waals surface area contributed by atoms with Gasteiger partial charge in [-0.15, -0.1) is 0 Å². The number of halogens is 6. The largest absolute Gasteiger partial charge is 0.417 e. The lowest BCUT2D eigenvalue weighted by Crippen LogP contribution is -2.14. The number of hydrogen-bond donors (Lipinski definition) is 1. The standard InChI is InChI=1S/C14H9Br2F4N/c15-10-3-1-7(5-9(10)14(18,19)20)13(21)8-2-4-12(17)11(16)6-8/h1-6,13H,21H2. The van der Waals surface area contributed by atoms with E-state index in [1.807, 2.05) is 0 Å². The molecule has 2 N–H and O–H groups in total. The van der Waals surface area contributed by atoms with Gasteiger partial charge in [0.25, 0.3) is 0 Å². The first-order valence-corrected chi connectivity index (χ1v) is 7.36. The Morgan fingerprint density at radius 2 is 1.48 bits per heavy atom. The molecule has 0 saturated carbocycles. The first kappa shape index (κ1) is 16.5. The monoisotopic (exact) mass is 425 g/mol. The fourth-order valence-electron chi connectivity index (χ4n) is 1.85. The average molecular weight is 427 g/mol. The van der Waals surface area contributed by atoms with Gasteiger partial charge in [-0.05, 0) is 51.3 Å². The van der Waals surface area contributed by atoms with Crippen LogP contribution >= 0.6 is 31.9 Å². The van der Waals surface area contributed by atoms with Crippen molar-refractivity contribution in [3.05, 3.63) is 67.9 Å². The van der Waals surface area contributed by atoms with E-state index < -0.39 is 23.6 Å². The Kier molecular flexibility index (Phi) is 4.75. The highest BCUT2D eigenvalue weighted by molar-refractivity contribution is 9.10. The maximum absolute atomic E-state index is 13.2. The van der Waals surface area contributed by atoms with E-state index in [-0.39, 0.29) is 8.95 Å². The fraction of sp³-hybridized carbons (Fsp3) is 0.143. The molecule has 7 heteroatoms. The van der Waals surface area contributed by atoms with E-state index in [9.17, 15) is 17.6 Å². The summed E-state index contributed by atoms with van der Waals surface area (Å²) in [5.74, 6) is -0.460. The molecule has 1 atom stereocenters. The summed E-state index contributed by atoms with van der Waals surface area (Å²) >= 11 is 5.90. The van der Waals surface area contributed by atoms with Crippen LogP contribution in [0.1, 0.15) is 22.7 Å². The summed E-state index contributed by atoms with van der Waals surface area (Å²) in [6.45, 7) is 0. The van der Waals surface area contributed by atoms with Crippen molar-refractivity contribution in [2.75, 3.05) is 0 Å². The molecule has 0 aliphatic carbocycles. The molecule has 0 aromatic heterocycles. The highest BCUT2D eigenvalue weighted by atomic mass is 79.9. The molecule has 0 heterocycles. The van der Waals surface area contributed by atoms with Crippen LogP contribution in [0, 0.1) is 5.82 Å². The highest BCUT2D eigenvalue weighted by Gasteiger charge is 2.33. The van der Waals surface area contributed by atoms with Gasteiger partial charge in [0.2, 0.25) is 0 Å². The zero-order valence-corrected chi connectivity index (χ0v) is 13.6. The van der Waals surface area contributed by atoms with Crippen molar-refractivity contribution in [3.8, 4) is 0 Å². The van der Waals surface area contributed by atoms with Crippen molar-refractivity contribution < 1.29 is 17.6 Å². The summed E-state index contributed by atoms with van der Waals surface area (Å²) in [5.41, 5.74) is 5.98. The van der Waals surface area contributed by atoms with Gasteiger partial charge in [-0.2, -0.15) is 13.2 Å². The van der Waals surface area contributed by atoms with Gasteiger partial charge in [-0.25, -0.2) is 4.39 Å². The Morgan fingerprint density at radius 1 is 0.905 bits per heavy atom. The normalized spacial score (nSPS) is 13.3. The Labute approximate surface area is 135 Å². The second kappa shape index (κ2) is 6.06. The molecule has 0 amide bonds. The summed E-state index contributed by atoms with van der Waals surface area (Å²) in [4.78, 5) is 0. The van der Waals surface area contributed by atoms with Gasteiger partial charge >= 0.3 is 6.18 Å². The number of nitrogens with two attached hydrogens (primary N) is 1. The molecule has 112 valence electrons. The molecular weight excluding hydrogens is 418 g/mol. The van der Waals surface area contributed by atoms with E-state index >= 15 is 0 Å². The van der Waals surface area contributed by atoms with Gasteiger partial charge in [-0.3, -0.25) is 0 Å².